The number of aliphatic hydroxyl groups excluding tert-OH is 1. The number of ketones is 1. The lowest BCUT2D eigenvalue weighted by Gasteiger charge is -2.55. The molecule has 0 unspecified atom stereocenters. The monoisotopic (exact) mass is 400 g/mol. The van der Waals surface area contributed by atoms with E-state index in [2.05, 4.69) is 29.3 Å². The van der Waals surface area contributed by atoms with Gasteiger partial charge in [-0.3, -0.25) is 9.89 Å². The van der Waals surface area contributed by atoms with Gasteiger partial charge in [0.2, 0.25) is 0 Å². The standard InChI is InChI=1S/C24H24N4O2/c1-15-27-21(17-12-25-26-13-17)19-8-9-23(2)11-20(30)16(14-29)10-24(23,22(19)28-15)18-6-4-3-5-7-18/h3-7,12-14,29H,8-11H2,1-2H3,(H,25,26)/t23-,24-/m0/s1. The van der Waals surface area contributed by atoms with Crippen LogP contribution < -0.4 is 0 Å². The predicted octanol–water partition coefficient (Wildman–Crippen LogP) is 4.22. The Kier molecular flexibility index (Phi) is 4.13. The first-order valence-corrected chi connectivity index (χ1v) is 10.3. The number of fused-ring (bicyclic) bond motifs is 3. The Morgan fingerprint density at radius 2 is 1.97 bits per heavy atom. The molecule has 6 heteroatoms. The summed E-state index contributed by atoms with van der Waals surface area (Å²) < 4.78 is 0. The summed E-state index contributed by atoms with van der Waals surface area (Å²) in [6, 6.07) is 10.3. The third-order valence-electron chi connectivity index (χ3n) is 7.04. The quantitative estimate of drug-likeness (QED) is 0.496. The summed E-state index contributed by atoms with van der Waals surface area (Å²) in [7, 11) is 0. The summed E-state index contributed by atoms with van der Waals surface area (Å²) in [6.45, 7) is 4.11. The fourth-order valence-electron chi connectivity index (χ4n) is 5.52. The summed E-state index contributed by atoms with van der Waals surface area (Å²) in [6.07, 6.45) is 7.09. The molecule has 3 aromatic rings. The van der Waals surface area contributed by atoms with E-state index in [1.165, 1.54) is 0 Å². The third kappa shape index (κ3) is 2.49. The SMILES string of the molecule is Cc1nc(-c2cn[nH]c2)c2c(n1)[C@@]1(c3ccccc3)CC(=CO)C(=O)C[C@]1(C)CC2. The van der Waals surface area contributed by atoms with Crippen molar-refractivity contribution in [2.45, 2.75) is 44.9 Å². The second kappa shape index (κ2) is 6.62. The van der Waals surface area contributed by atoms with Crippen molar-refractivity contribution in [1.29, 1.82) is 0 Å². The zero-order valence-corrected chi connectivity index (χ0v) is 17.1. The number of Topliss-reactive ketones (excluding diaryl/α,β-unsaturated/α-hetero) is 1. The van der Waals surface area contributed by atoms with E-state index < -0.39 is 5.41 Å². The lowest BCUT2D eigenvalue weighted by atomic mass is 9.47. The van der Waals surface area contributed by atoms with Gasteiger partial charge in [0.1, 0.15) is 5.82 Å². The Hall–Kier alpha value is -3.28. The second-order valence-electron chi connectivity index (χ2n) is 8.70. The number of benzene rings is 1. The number of carbonyl (C=O) groups excluding carboxylic acids is 1. The number of aryl methyl sites for hydroxylation is 1. The van der Waals surface area contributed by atoms with Gasteiger partial charge in [-0.15, -0.1) is 0 Å². The molecule has 1 saturated carbocycles. The second-order valence-corrected chi connectivity index (χ2v) is 8.70. The Labute approximate surface area is 175 Å². The average molecular weight is 400 g/mol. The highest BCUT2D eigenvalue weighted by Crippen LogP contribution is 2.61. The molecule has 0 saturated heterocycles. The van der Waals surface area contributed by atoms with Crippen LogP contribution in [0.1, 0.15) is 48.8 Å². The molecular formula is C24H24N4O2. The van der Waals surface area contributed by atoms with E-state index >= 15 is 0 Å². The number of hydrogen-bond acceptors (Lipinski definition) is 5. The number of hydrogen-bond donors (Lipinski definition) is 2. The van der Waals surface area contributed by atoms with E-state index in [1.54, 1.807) is 6.20 Å². The van der Waals surface area contributed by atoms with Crippen molar-refractivity contribution in [2.24, 2.45) is 5.41 Å². The maximum absolute atomic E-state index is 12.8. The fraction of sp³-hybridized carbons (Fsp3) is 0.333. The normalized spacial score (nSPS) is 27.0. The zero-order valence-electron chi connectivity index (χ0n) is 17.1. The van der Waals surface area contributed by atoms with Gasteiger partial charge in [0.15, 0.2) is 5.78 Å². The van der Waals surface area contributed by atoms with Crippen LogP contribution in [0.25, 0.3) is 11.3 Å². The Bertz CT molecular complexity index is 1150. The maximum Gasteiger partial charge on any atom is 0.162 e. The van der Waals surface area contributed by atoms with Crippen LogP contribution >= 0.6 is 0 Å². The van der Waals surface area contributed by atoms with Crippen molar-refractivity contribution in [2.75, 3.05) is 0 Å². The lowest BCUT2D eigenvalue weighted by Crippen LogP contribution is -2.54. The minimum atomic E-state index is -0.517. The van der Waals surface area contributed by atoms with E-state index in [0.29, 0.717) is 24.2 Å². The molecule has 30 heavy (non-hydrogen) atoms. The largest absolute Gasteiger partial charge is 0.515 e. The number of aromatic nitrogens is 4. The number of H-pyrrole nitrogens is 1. The van der Waals surface area contributed by atoms with Gasteiger partial charge in [-0.2, -0.15) is 5.10 Å². The van der Waals surface area contributed by atoms with Gasteiger partial charge in [0.25, 0.3) is 0 Å². The molecule has 0 amide bonds. The smallest absolute Gasteiger partial charge is 0.162 e. The van der Waals surface area contributed by atoms with Gasteiger partial charge in [-0.05, 0) is 37.2 Å². The van der Waals surface area contributed by atoms with E-state index in [1.807, 2.05) is 31.3 Å². The minimum absolute atomic E-state index is 0.0239. The number of nitrogens with zero attached hydrogens (tertiary/aromatic N) is 3. The summed E-state index contributed by atoms with van der Waals surface area (Å²) in [5.74, 6) is 0.715. The van der Waals surface area contributed by atoms with Crippen molar-refractivity contribution in [3.63, 3.8) is 0 Å². The Balaban J connectivity index is 1.86. The summed E-state index contributed by atoms with van der Waals surface area (Å²) >= 11 is 0. The van der Waals surface area contributed by atoms with E-state index in [0.717, 1.165) is 47.2 Å². The van der Waals surface area contributed by atoms with Gasteiger partial charge < -0.3 is 5.11 Å². The van der Waals surface area contributed by atoms with Gasteiger partial charge in [-0.25, -0.2) is 9.97 Å². The van der Waals surface area contributed by atoms with Crippen LogP contribution in [0.15, 0.2) is 54.6 Å². The van der Waals surface area contributed by atoms with Gasteiger partial charge in [0.05, 0.1) is 23.8 Å². The summed E-state index contributed by atoms with van der Waals surface area (Å²) in [4.78, 5) is 22.6. The maximum atomic E-state index is 12.8. The molecule has 1 aromatic carbocycles. The first-order valence-electron chi connectivity index (χ1n) is 10.3. The zero-order chi connectivity index (χ0) is 20.9. The van der Waals surface area contributed by atoms with Crippen LogP contribution in [0.3, 0.4) is 0 Å². The molecule has 2 aromatic heterocycles. The molecule has 0 radical (unpaired) electrons. The first-order chi connectivity index (χ1) is 14.5. The van der Waals surface area contributed by atoms with Crippen LogP contribution in [0.2, 0.25) is 0 Å². The topological polar surface area (TPSA) is 91.8 Å². The third-order valence-corrected chi connectivity index (χ3v) is 7.04. The molecule has 0 spiro atoms. The molecule has 2 heterocycles. The van der Waals surface area contributed by atoms with E-state index in [4.69, 9.17) is 9.97 Å². The van der Waals surface area contributed by atoms with Crippen LogP contribution in [0.4, 0.5) is 0 Å². The molecule has 2 aliphatic carbocycles. The number of carbonyl (C=O) groups is 1. The number of aromatic amines is 1. The van der Waals surface area contributed by atoms with Crippen LogP contribution in [-0.4, -0.2) is 31.1 Å². The number of aliphatic hydroxyl groups is 1. The predicted molar refractivity (Wildman–Crippen MR) is 113 cm³/mol. The van der Waals surface area contributed by atoms with Crippen molar-refractivity contribution >= 4 is 5.78 Å². The Morgan fingerprint density at radius 1 is 1.17 bits per heavy atom. The molecule has 2 atom stereocenters. The molecule has 152 valence electrons. The fourth-order valence-corrected chi connectivity index (χ4v) is 5.52. The number of rotatable bonds is 2. The van der Waals surface area contributed by atoms with Crippen molar-refractivity contribution in [3.05, 3.63) is 77.2 Å². The minimum Gasteiger partial charge on any atom is -0.515 e. The van der Waals surface area contributed by atoms with Crippen molar-refractivity contribution in [1.82, 2.24) is 20.2 Å². The molecule has 6 nitrogen and oxygen atoms in total. The van der Waals surface area contributed by atoms with E-state index in [-0.39, 0.29) is 11.2 Å². The molecule has 5 rings (SSSR count). The van der Waals surface area contributed by atoms with Crippen LogP contribution in [0.5, 0.6) is 0 Å². The molecule has 1 fully saturated rings. The first kappa shape index (κ1) is 18.7. The van der Waals surface area contributed by atoms with E-state index in [9.17, 15) is 9.90 Å². The Morgan fingerprint density at radius 3 is 2.67 bits per heavy atom. The van der Waals surface area contributed by atoms with Crippen molar-refractivity contribution < 1.29 is 9.90 Å². The molecule has 0 aliphatic heterocycles. The summed E-state index contributed by atoms with van der Waals surface area (Å²) in [5.41, 5.74) is 4.67. The number of allylic oxidation sites excluding steroid dienone is 1. The van der Waals surface area contributed by atoms with Crippen LogP contribution in [0, 0.1) is 12.3 Å². The average Bonchev–Trinajstić information content (AvgIpc) is 3.28. The summed E-state index contributed by atoms with van der Waals surface area (Å²) in [5, 5.41) is 16.9. The molecule has 2 aliphatic rings. The highest BCUT2D eigenvalue weighted by molar-refractivity contribution is 5.97. The molecule has 2 N–H and O–H groups in total. The highest BCUT2D eigenvalue weighted by Gasteiger charge is 2.59. The molecule has 0 bridgehead atoms. The van der Waals surface area contributed by atoms with Gasteiger partial charge >= 0.3 is 0 Å². The molecular weight excluding hydrogens is 376 g/mol. The van der Waals surface area contributed by atoms with Crippen molar-refractivity contribution in [3.8, 4) is 11.3 Å². The highest BCUT2D eigenvalue weighted by atomic mass is 16.2. The van der Waals surface area contributed by atoms with Gasteiger partial charge in [0, 0.05) is 34.7 Å². The lowest BCUT2D eigenvalue weighted by molar-refractivity contribution is -0.121. The van der Waals surface area contributed by atoms with Gasteiger partial charge in [-0.1, -0.05) is 37.3 Å². The van der Waals surface area contributed by atoms with Crippen LogP contribution in [-0.2, 0) is 16.6 Å². The number of nitrogens with one attached hydrogen (secondary N) is 1.